The molecule has 0 bridgehead atoms. The monoisotopic (exact) mass is 245 g/mol. The number of hydrogen-bond donors (Lipinski definition) is 1. The highest BCUT2D eigenvalue weighted by Gasteiger charge is 2.17. The van der Waals surface area contributed by atoms with Gasteiger partial charge in [-0.25, -0.2) is 23.5 Å². The molecule has 0 aliphatic rings. The summed E-state index contributed by atoms with van der Waals surface area (Å²) >= 11 is 3.80. The summed E-state index contributed by atoms with van der Waals surface area (Å²) in [6.45, 7) is 6.80. The Morgan fingerprint density at radius 1 is 0.812 bits per heavy atom. The number of hydrogen-bond acceptors (Lipinski definition) is 4. The highest BCUT2D eigenvalue weighted by Crippen LogP contribution is 1.97. The lowest BCUT2D eigenvalue weighted by Crippen LogP contribution is -2.53. The Kier molecular flexibility index (Phi) is 3.47. The summed E-state index contributed by atoms with van der Waals surface area (Å²) in [5.41, 5.74) is -2.00. The van der Waals surface area contributed by atoms with Crippen LogP contribution in [-0.2, 0) is 0 Å². The molecule has 0 atom stereocenters. The number of aromatic nitrogens is 3. The fourth-order valence-electron chi connectivity index (χ4n) is 1.45. The molecule has 0 saturated carbocycles. The SMILES string of the molecule is CC(C)n1c(=O)n(S)c(=O)n(C(C)C)c1=O. The van der Waals surface area contributed by atoms with Gasteiger partial charge >= 0.3 is 17.1 Å². The van der Waals surface area contributed by atoms with Crippen LogP contribution in [0.5, 0.6) is 0 Å². The lowest BCUT2D eigenvalue weighted by atomic mass is 10.4. The van der Waals surface area contributed by atoms with E-state index in [1.54, 1.807) is 27.7 Å². The fourth-order valence-corrected chi connectivity index (χ4v) is 1.64. The fraction of sp³-hybridized carbons (Fsp3) is 0.667. The van der Waals surface area contributed by atoms with Crippen LogP contribution < -0.4 is 17.1 Å². The Bertz CT molecular complexity index is 519. The average Bonchev–Trinajstić information content (AvgIpc) is 2.13. The molecular formula is C9H15N3O3S. The van der Waals surface area contributed by atoms with Crippen LogP contribution in [0.1, 0.15) is 39.8 Å². The van der Waals surface area contributed by atoms with Crippen LogP contribution in [0.4, 0.5) is 0 Å². The van der Waals surface area contributed by atoms with Crippen molar-refractivity contribution in [1.29, 1.82) is 0 Å². The average molecular weight is 245 g/mol. The second-order valence-corrected chi connectivity index (χ2v) is 4.49. The highest BCUT2D eigenvalue weighted by molar-refractivity contribution is 7.78. The minimum Gasteiger partial charge on any atom is -0.247 e. The third-order valence-electron chi connectivity index (χ3n) is 2.22. The molecule has 0 N–H and O–H groups in total. The molecule has 0 unspecified atom stereocenters. The van der Waals surface area contributed by atoms with E-state index in [0.29, 0.717) is 3.97 Å². The summed E-state index contributed by atoms with van der Waals surface area (Å²) in [5.74, 6) is 0. The van der Waals surface area contributed by atoms with Gasteiger partial charge in [0.15, 0.2) is 0 Å². The van der Waals surface area contributed by atoms with Gasteiger partial charge < -0.3 is 0 Å². The first-order valence-corrected chi connectivity index (χ1v) is 5.38. The van der Waals surface area contributed by atoms with Crippen LogP contribution in [0.25, 0.3) is 0 Å². The first-order valence-electron chi connectivity index (χ1n) is 4.98. The van der Waals surface area contributed by atoms with Gasteiger partial charge in [0.05, 0.1) is 0 Å². The molecular weight excluding hydrogens is 230 g/mol. The smallest absolute Gasteiger partial charge is 0.247 e. The molecule has 0 saturated heterocycles. The lowest BCUT2D eigenvalue weighted by Gasteiger charge is -2.15. The van der Waals surface area contributed by atoms with Gasteiger partial charge in [0.25, 0.3) is 0 Å². The molecule has 1 rings (SSSR count). The molecule has 16 heavy (non-hydrogen) atoms. The topological polar surface area (TPSA) is 66.0 Å². The lowest BCUT2D eigenvalue weighted by molar-refractivity contribution is 0.435. The van der Waals surface area contributed by atoms with Gasteiger partial charge in [0.1, 0.15) is 0 Å². The molecule has 90 valence electrons. The number of rotatable bonds is 2. The summed E-state index contributed by atoms with van der Waals surface area (Å²) < 4.78 is 2.67. The van der Waals surface area contributed by atoms with Crippen LogP contribution in [0.3, 0.4) is 0 Å². The highest BCUT2D eigenvalue weighted by atomic mass is 32.1. The molecule has 6 nitrogen and oxygen atoms in total. The summed E-state index contributed by atoms with van der Waals surface area (Å²) in [4.78, 5) is 35.3. The van der Waals surface area contributed by atoms with E-state index in [1.807, 2.05) is 0 Å². The summed E-state index contributed by atoms with van der Waals surface area (Å²) in [6.07, 6.45) is 0. The maximum absolute atomic E-state index is 11.9. The van der Waals surface area contributed by atoms with Crippen molar-refractivity contribution < 1.29 is 0 Å². The largest absolute Gasteiger partial charge is 0.346 e. The Balaban J connectivity index is 3.89. The van der Waals surface area contributed by atoms with Crippen LogP contribution in [0.15, 0.2) is 14.4 Å². The number of thiol groups is 1. The predicted octanol–water partition coefficient (Wildman–Crippen LogP) is 0.0264. The van der Waals surface area contributed by atoms with Crippen molar-refractivity contribution in [2.45, 2.75) is 39.8 Å². The normalized spacial score (nSPS) is 11.4. The van der Waals surface area contributed by atoms with Crippen molar-refractivity contribution in [3.63, 3.8) is 0 Å². The van der Waals surface area contributed by atoms with Gasteiger partial charge in [-0.2, -0.15) is 3.97 Å². The minimum absolute atomic E-state index is 0.316. The second kappa shape index (κ2) is 4.32. The molecule has 0 fully saturated rings. The predicted molar refractivity (Wildman–Crippen MR) is 64.4 cm³/mol. The van der Waals surface area contributed by atoms with Crippen molar-refractivity contribution >= 4 is 12.8 Å². The summed E-state index contributed by atoms with van der Waals surface area (Å²) in [7, 11) is 0. The molecule has 0 radical (unpaired) electrons. The van der Waals surface area contributed by atoms with E-state index in [-0.39, 0.29) is 12.1 Å². The first kappa shape index (κ1) is 12.8. The Labute approximate surface area is 97.7 Å². The standard InChI is InChI=1S/C9H15N3O3S/c1-5(2)10-7(13)11(6(3)4)9(15)12(16)8(10)14/h5-6,16H,1-4H3. The Morgan fingerprint density at radius 3 is 1.38 bits per heavy atom. The van der Waals surface area contributed by atoms with Crippen LogP contribution in [-0.4, -0.2) is 13.1 Å². The summed E-state index contributed by atoms with van der Waals surface area (Å²) in [5, 5.41) is 0. The minimum atomic E-state index is -0.703. The molecule has 0 aromatic carbocycles. The van der Waals surface area contributed by atoms with Gasteiger partial charge in [0, 0.05) is 12.1 Å². The van der Waals surface area contributed by atoms with E-state index >= 15 is 0 Å². The van der Waals surface area contributed by atoms with E-state index in [4.69, 9.17) is 0 Å². The van der Waals surface area contributed by atoms with E-state index in [0.717, 1.165) is 9.13 Å². The van der Waals surface area contributed by atoms with Crippen molar-refractivity contribution in [3.05, 3.63) is 31.5 Å². The van der Waals surface area contributed by atoms with Crippen molar-refractivity contribution in [2.24, 2.45) is 0 Å². The van der Waals surface area contributed by atoms with Gasteiger partial charge in [-0.15, -0.1) is 0 Å². The second-order valence-electron chi connectivity index (χ2n) is 4.09. The molecule has 1 heterocycles. The van der Waals surface area contributed by atoms with Crippen molar-refractivity contribution in [2.75, 3.05) is 0 Å². The summed E-state index contributed by atoms with van der Waals surface area (Å²) in [6, 6.07) is -0.631. The quantitative estimate of drug-likeness (QED) is 0.747. The zero-order valence-corrected chi connectivity index (χ0v) is 10.6. The van der Waals surface area contributed by atoms with Gasteiger partial charge in [-0.3, -0.25) is 0 Å². The van der Waals surface area contributed by atoms with Crippen LogP contribution >= 0.6 is 12.8 Å². The Hall–Kier alpha value is -1.24. The van der Waals surface area contributed by atoms with Gasteiger partial charge in [0.2, 0.25) is 0 Å². The van der Waals surface area contributed by atoms with Crippen molar-refractivity contribution in [3.8, 4) is 0 Å². The van der Waals surface area contributed by atoms with Crippen LogP contribution in [0.2, 0.25) is 0 Å². The van der Waals surface area contributed by atoms with E-state index in [9.17, 15) is 14.4 Å². The molecule has 0 spiro atoms. The first-order chi connectivity index (χ1) is 7.29. The number of nitrogens with zero attached hydrogens (tertiary/aromatic N) is 3. The van der Waals surface area contributed by atoms with Gasteiger partial charge in [-0.1, -0.05) is 12.8 Å². The van der Waals surface area contributed by atoms with Crippen molar-refractivity contribution in [1.82, 2.24) is 13.1 Å². The molecule has 0 aliphatic carbocycles. The third kappa shape index (κ3) is 1.87. The molecule has 1 aromatic rings. The van der Waals surface area contributed by atoms with Crippen LogP contribution in [0, 0.1) is 0 Å². The zero-order chi connectivity index (χ0) is 12.6. The van der Waals surface area contributed by atoms with E-state index in [1.165, 1.54) is 0 Å². The Morgan fingerprint density at radius 2 is 1.12 bits per heavy atom. The maximum Gasteiger partial charge on any atom is 0.346 e. The van der Waals surface area contributed by atoms with Gasteiger partial charge in [-0.05, 0) is 27.7 Å². The van der Waals surface area contributed by atoms with E-state index in [2.05, 4.69) is 12.8 Å². The molecule has 0 amide bonds. The van der Waals surface area contributed by atoms with E-state index < -0.39 is 17.1 Å². The molecule has 0 aliphatic heterocycles. The third-order valence-corrected chi connectivity index (χ3v) is 2.56. The maximum atomic E-state index is 11.9. The molecule has 7 heteroatoms. The molecule has 1 aromatic heterocycles. The zero-order valence-electron chi connectivity index (χ0n) is 9.67.